The van der Waals surface area contributed by atoms with E-state index in [1.807, 2.05) is 24.3 Å². The number of carbonyl (C=O) groups is 1. The molecule has 3 N–H and O–H groups in total. The van der Waals surface area contributed by atoms with Gasteiger partial charge in [-0.1, -0.05) is 23.9 Å². The summed E-state index contributed by atoms with van der Waals surface area (Å²) in [7, 11) is 0. The molecule has 130 valence electrons. The van der Waals surface area contributed by atoms with Crippen molar-refractivity contribution in [1.29, 1.82) is 0 Å². The van der Waals surface area contributed by atoms with Gasteiger partial charge in [-0.2, -0.15) is 0 Å². The molecule has 0 aliphatic carbocycles. The first-order valence-electron chi connectivity index (χ1n) is 7.86. The Balaban J connectivity index is 1.46. The number of H-pyrrole nitrogens is 1. The fourth-order valence-corrected chi connectivity index (χ4v) is 3.04. The summed E-state index contributed by atoms with van der Waals surface area (Å²) in [5.74, 6) is 0.998. The van der Waals surface area contributed by atoms with Crippen molar-refractivity contribution in [2.24, 2.45) is 0 Å². The molecule has 2 aromatic carbocycles. The number of aliphatic hydroxyl groups is 1. The average molecular weight is 357 g/mol. The zero-order valence-electron chi connectivity index (χ0n) is 13.7. The van der Waals surface area contributed by atoms with Gasteiger partial charge in [-0.05, 0) is 36.4 Å². The molecule has 0 bridgehead atoms. The van der Waals surface area contributed by atoms with Crippen LogP contribution in [0.2, 0.25) is 0 Å². The Morgan fingerprint density at radius 1 is 1.28 bits per heavy atom. The summed E-state index contributed by atoms with van der Waals surface area (Å²) >= 11 is 1.45. The molecule has 1 heterocycles. The van der Waals surface area contributed by atoms with E-state index in [1.165, 1.54) is 18.7 Å². The molecule has 3 aromatic rings. The number of aliphatic hydroxyl groups excluding tert-OH is 1. The zero-order chi connectivity index (χ0) is 17.6. The number of nitrogens with zero attached hydrogens (tertiary/aromatic N) is 1. The second-order valence-electron chi connectivity index (χ2n) is 5.54. The molecule has 0 saturated carbocycles. The summed E-state index contributed by atoms with van der Waals surface area (Å²) < 4.78 is 5.57. The fourth-order valence-electron chi connectivity index (χ4n) is 2.25. The smallest absolute Gasteiger partial charge is 0.221 e. The van der Waals surface area contributed by atoms with Crippen molar-refractivity contribution in [3.63, 3.8) is 0 Å². The summed E-state index contributed by atoms with van der Waals surface area (Å²) in [5.41, 5.74) is 2.60. The Labute approximate surface area is 149 Å². The van der Waals surface area contributed by atoms with E-state index >= 15 is 0 Å². The quantitative estimate of drug-likeness (QED) is 0.566. The van der Waals surface area contributed by atoms with E-state index in [1.54, 1.807) is 24.3 Å². The maximum Gasteiger partial charge on any atom is 0.221 e. The van der Waals surface area contributed by atoms with Crippen LogP contribution >= 0.6 is 11.8 Å². The molecule has 0 saturated heterocycles. The molecular formula is C18H19N3O3S. The molecule has 6 nitrogen and oxygen atoms in total. The molecule has 1 atom stereocenters. The van der Waals surface area contributed by atoms with E-state index in [0.717, 1.165) is 16.2 Å². The van der Waals surface area contributed by atoms with E-state index < -0.39 is 6.10 Å². The van der Waals surface area contributed by atoms with Gasteiger partial charge in [0.05, 0.1) is 17.1 Å². The van der Waals surface area contributed by atoms with E-state index in [0.29, 0.717) is 17.2 Å². The highest BCUT2D eigenvalue weighted by molar-refractivity contribution is 7.99. The zero-order valence-corrected chi connectivity index (χ0v) is 14.5. The van der Waals surface area contributed by atoms with Crippen molar-refractivity contribution < 1.29 is 14.6 Å². The van der Waals surface area contributed by atoms with Gasteiger partial charge < -0.3 is 20.1 Å². The fraction of sp³-hybridized carbons (Fsp3) is 0.222. The maximum absolute atomic E-state index is 11.0. The average Bonchev–Trinajstić information content (AvgIpc) is 3.02. The Morgan fingerprint density at radius 3 is 2.76 bits per heavy atom. The molecule has 3 rings (SSSR count). The van der Waals surface area contributed by atoms with Crippen molar-refractivity contribution in [3.05, 3.63) is 48.5 Å². The Hall–Kier alpha value is -2.51. The minimum absolute atomic E-state index is 0.119. The maximum atomic E-state index is 11.0. The lowest BCUT2D eigenvalue weighted by molar-refractivity contribution is -0.114. The lowest BCUT2D eigenvalue weighted by Gasteiger charge is -2.12. The topological polar surface area (TPSA) is 87.2 Å². The SMILES string of the molecule is CC(=O)Nc1ccc(OCC(O)CSc2nc3ccccc3[nH]2)cc1. The molecule has 1 unspecified atom stereocenters. The Bertz CT molecular complexity index is 815. The van der Waals surface area contributed by atoms with Crippen LogP contribution in [0.4, 0.5) is 5.69 Å². The minimum Gasteiger partial charge on any atom is -0.491 e. The number of nitrogens with one attached hydrogen (secondary N) is 2. The number of thioether (sulfide) groups is 1. The second-order valence-corrected chi connectivity index (χ2v) is 6.55. The van der Waals surface area contributed by atoms with Gasteiger partial charge in [-0.3, -0.25) is 4.79 Å². The number of hydrogen-bond donors (Lipinski definition) is 3. The van der Waals surface area contributed by atoms with Crippen LogP contribution in [0, 0.1) is 0 Å². The summed E-state index contributed by atoms with van der Waals surface area (Å²) in [6.45, 7) is 1.65. The van der Waals surface area contributed by atoms with Crippen molar-refractivity contribution >= 4 is 34.4 Å². The van der Waals surface area contributed by atoms with Crippen LogP contribution in [0.15, 0.2) is 53.7 Å². The minimum atomic E-state index is -0.617. The van der Waals surface area contributed by atoms with E-state index in [4.69, 9.17) is 4.74 Å². The van der Waals surface area contributed by atoms with Crippen molar-refractivity contribution in [3.8, 4) is 5.75 Å². The number of fused-ring (bicyclic) bond motifs is 1. The molecule has 7 heteroatoms. The molecular weight excluding hydrogens is 338 g/mol. The third-order valence-electron chi connectivity index (χ3n) is 3.40. The molecule has 1 amide bonds. The van der Waals surface area contributed by atoms with E-state index in [9.17, 15) is 9.90 Å². The number of para-hydroxylation sites is 2. The van der Waals surface area contributed by atoms with E-state index in [-0.39, 0.29) is 12.5 Å². The summed E-state index contributed by atoms with van der Waals surface area (Å²) in [6.07, 6.45) is -0.617. The molecule has 0 aliphatic heterocycles. The van der Waals surface area contributed by atoms with Gasteiger partial charge in [-0.25, -0.2) is 4.98 Å². The first-order valence-corrected chi connectivity index (χ1v) is 8.85. The first kappa shape index (κ1) is 17.3. The van der Waals surface area contributed by atoms with Crippen molar-refractivity contribution in [2.45, 2.75) is 18.2 Å². The summed E-state index contributed by atoms with van der Waals surface area (Å²) in [6, 6.07) is 14.8. The molecule has 0 radical (unpaired) electrons. The van der Waals surface area contributed by atoms with Crippen LogP contribution in [-0.2, 0) is 4.79 Å². The Morgan fingerprint density at radius 2 is 2.04 bits per heavy atom. The van der Waals surface area contributed by atoms with Crippen LogP contribution in [0.3, 0.4) is 0 Å². The number of anilines is 1. The number of benzene rings is 2. The number of imidazole rings is 1. The third-order valence-corrected chi connectivity index (χ3v) is 4.42. The van der Waals surface area contributed by atoms with Crippen LogP contribution in [0.1, 0.15) is 6.92 Å². The molecule has 0 fully saturated rings. The van der Waals surface area contributed by atoms with Gasteiger partial charge in [0, 0.05) is 18.4 Å². The second kappa shape index (κ2) is 8.04. The molecule has 0 aliphatic rings. The van der Waals surface area contributed by atoms with Gasteiger partial charge in [0.15, 0.2) is 5.16 Å². The monoisotopic (exact) mass is 357 g/mol. The number of amides is 1. The van der Waals surface area contributed by atoms with E-state index in [2.05, 4.69) is 15.3 Å². The lowest BCUT2D eigenvalue weighted by Crippen LogP contribution is -2.20. The normalized spacial score (nSPS) is 12.1. The number of ether oxygens (including phenoxy) is 1. The van der Waals surface area contributed by atoms with Crippen molar-refractivity contribution in [1.82, 2.24) is 9.97 Å². The first-order chi connectivity index (χ1) is 12.1. The number of hydrogen-bond acceptors (Lipinski definition) is 5. The highest BCUT2D eigenvalue weighted by Crippen LogP contribution is 2.20. The van der Waals surface area contributed by atoms with Crippen LogP contribution in [-0.4, -0.2) is 39.4 Å². The van der Waals surface area contributed by atoms with Crippen LogP contribution in [0.25, 0.3) is 11.0 Å². The highest BCUT2D eigenvalue weighted by Gasteiger charge is 2.09. The lowest BCUT2D eigenvalue weighted by atomic mass is 10.3. The largest absolute Gasteiger partial charge is 0.491 e. The molecule has 25 heavy (non-hydrogen) atoms. The van der Waals surface area contributed by atoms with Gasteiger partial charge in [0.25, 0.3) is 0 Å². The summed E-state index contributed by atoms with van der Waals surface area (Å²) in [5, 5.41) is 13.5. The molecule has 0 spiro atoms. The van der Waals surface area contributed by atoms with Gasteiger partial charge in [0.1, 0.15) is 12.4 Å². The van der Waals surface area contributed by atoms with Gasteiger partial charge >= 0.3 is 0 Å². The van der Waals surface area contributed by atoms with Crippen LogP contribution in [0.5, 0.6) is 5.75 Å². The van der Waals surface area contributed by atoms with Crippen molar-refractivity contribution in [2.75, 3.05) is 17.7 Å². The third kappa shape index (κ3) is 4.98. The standard InChI is InChI=1S/C18H19N3O3S/c1-12(22)19-13-6-8-15(9-7-13)24-10-14(23)11-25-18-20-16-4-2-3-5-17(16)21-18/h2-9,14,23H,10-11H2,1H3,(H,19,22)(H,20,21). The predicted octanol–water partition coefficient (Wildman–Crippen LogP) is 3.05. The molecule has 1 aromatic heterocycles. The van der Waals surface area contributed by atoms with Crippen LogP contribution < -0.4 is 10.1 Å². The van der Waals surface area contributed by atoms with Gasteiger partial charge in [0.2, 0.25) is 5.91 Å². The number of aromatic nitrogens is 2. The number of carbonyl (C=O) groups excluding carboxylic acids is 1. The predicted molar refractivity (Wildman–Crippen MR) is 99.1 cm³/mol. The highest BCUT2D eigenvalue weighted by atomic mass is 32.2. The summed E-state index contributed by atoms with van der Waals surface area (Å²) in [4.78, 5) is 18.6. The Kier molecular flexibility index (Phi) is 5.57. The number of rotatable bonds is 7. The van der Waals surface area contributed by atoms with Gasteiger partial charge in [-0.15, -0.1) is 0 Å². The number of aromatic amines is 1.